The molecule has 19 heavy (non-hydrogen) atoms. The lowest BCUT2D eigenvalue weighted by Crippen LogP contribution is -2.42. The average molecular weight is 296 g/mol. The number of esters is 1. The first-order chi connectivity index (χ1) is 8.69. The molecule has 0 aromatic heterocycles. The van der Waals surface area contributed by atoms with Crippen LogP contribution < -0.4 is 4.72 Å². The number of nitrogens with zero attached hydrogens (tertiary/aromatic N) is 1. The van der Waals surface area contributed by atoms with E-state index in [9.17, 15) is 18.0 Å². The number of ether oxygens (including phenoxy) is 2. The first kappa shape index (κ1) is 17.6. The van der Waals surface area contributed by atoms with Crippen molar-refractivity contribution in [2.45, 2.75) is 32.8 Å². The van der Waals surface area contributed by atoms with E-state index < -0.39 is 28.4 Å². The van der Waals surface area contributed by atoms with Crippen LogP contribution in [-0.4, -0.2) is 51.6 Å². The Hall–Kier alpha value is -1.35. The SMILES string of the molecule is COC(=O)CCCN(C)S(=O)(=O)NC(=O)OC(C)C. The third-order valence-corrected chi connectivity index (χ3v) is 3.47. The minimum atomic E-state index is -3.95. The van der Waals surface area contributed by atoms with Gasteiger partial charge < -0.3 is 9.47 Å². The topological polar surface area (TPSA) is 102 Å². The monoisotopic (exact) mass is 296 g/mol. The van der Waals surface area contributed by atoms with E-state index in [1.54, 1.807) is 18.6 Å². The van der Waals surface area contributed by atoms with Gasteiger partial charge in [-0.05, 0) is 20.3 Å². The van der Waals surface area contributed by atoms with Crippen molar-refractivity contribution in [3.8, 4) is 0 Å². The molecule has 0 rings (SSSR count). The van der Waals surface area contributed by atoms with E-state index in [-0.39, 0.29) is 13.0 Å². The Morgan fingerprint density at radius 3 is 2.37 bits per heavy atom. The van der Waals surface area contributed by atoms with Gasteiger partial charge in [-0.2, -0.15) is 12.7 Å². The molecule has 9 heteroatoms. The highest BCUT2D eigenvalue weighted by Gasteiger charge is 2.21. The van der Waals surface area contributed by atoms with E-state index in [1.807, 2.05) is 0 Å². The van der Waals surface area contributed by atoms with Crippen LogP contribution in [0.3, 0.4) is 0 Å². The molecule has 1 amide bonds. The lowest BCUT2D eigenvalue weighted by Gasteiger charge is -2.17. The van der Waals surface area contributed by atoms with E-state index in [4.69, 9.17) is 0 Å². The minimum Gasteiger partial charge on any atom is -0.469 e. The Morgan fingerprint density at radius 2 is 1.89 bits per heavy atom. The molecule has 0 spiro atoms. The number of methoxy groups -OCH3 is 1. The largest absolute Gasteiger partial charge is 0.469 e. The van der Waals surface area contributed by atoms with E-state index in [1.165, 1.54) is 14.2 Å². The first-order valence-electron chi connectivity index (χ1n) is 5.70. The Bertz CT molecular complexity index is 406. The zero-order valence-corrected chi connectivity index (χ0v) is 12.3. The summed E-state index contributed by atoms with van der Waals surface area (Å²) >= 11 is 0. The second kappa shape index (κ2) is 7.95. The molecule has 0 aromatic carbocycles. The van der Waals surface area contributed by atoms with Crippen LogP contribution in [0.2, 0.25) is 0 Å². The predicted octanol–water partition coefficient (Wildman–Crippen LogP) is 0.251. The molecule has 8 nitrogen and oxygen atoms in total. The van der Waals surface area contributed by atoms with Gasteiger partial charge in [0.15, 0.2) is 0 Å². The summed E-state index contributed by atoms with van der Waals surface area (Å²) in [6.07, 6.45) is -1.05. The summed E-state index contributed by atoms with van der Waals surface area (Å²) in [6.45, 7) is 3.29. The molecule has 0 aliphatic heterocycles. The van der Waals surface area contributed by atoms with E-state index >= 15 is 0 Å². The molecular weight excluding hydrogens is 276 g/mol. The Kier molecular flexibility index (Phi) is 7.38. The molecule has 0 atom stereocenters. The smallest absolute Gasteiger partial charge is 0.422 e. The Balaban J connectivity index is 4.25. The highest BCUT2D eigenvalue weighted by molar-refractivity contribution is 7.87. The Labute approximate surface area is 113 Å². The van der Waals surface area contributed by atoms with Crippen molar-refractivity contribution in [3.05, 3.63) is 0 Å². The fourth-order valence-electron chi connectivity index (χ4n) is 1.09. The highest BCUT2D eigenvalue weighted by Crippen LogP contribution is 2.00. The van der Waals surface area contributed by atoms with Crippen LogP contribution in [0.25, 0.3) is 0 Å². The van der Waals surface area contributed by atoms with Crippen LogP contribution in [0.15, 0.2) is 0 Å². The predicted molar refractivity (Wildman–Crippen MR) is 67.6 cm³/mol. The molecule has 0 fully saturated rings. The van der Waals surface area contributed by atoms with Crippen LogP contribution >= 0.6 is 0 Å². The maximum absolute atomic E-state index is 11.7. The van der Waals surface area contributed by atoms with Crippen LogP contribution in [0.1, 0.15) is 26.7 Å². The summed E-state index contributed by atoms with van der Waals surface area (Å²) in [7, 11) is -1.40. The maximum Gasteiger partial charge on any atom is 0.422 e. The van der Waals surface area contributed by atoms with Gasteiger partial charge in [-0.1, -0.05) is 0 Å². The second-order valence-electron chi connectivity index (χ2n) is 4.06. The number of amides is 1. The molecule has 0 aliphatic carbocycles. The number of hydrogen-bond donors (Lipinski definition) is 1. The van der Waals surface area contributed by atoms with E-state index in [2.05, 4.69) is 9.47 Å². The van der Waals surface area contributed by atoms with Crippen LogP contribution in [0.5, 0.6) is 0 Å². The van der Waals surface area contributed by atoms with Crippen LogP contribution in [0, 0.1) is 0 Å². The molecular formula is C10H20N2O6S. The zero-order chi connectivity index (χ0) is 15.1. The van der Waals surface area contributed by atoms with Crippen molar-refractivity contribution < 1.29 is 27.5 Å². The molecule has 0 unspecified atom stereocenters. The fraction of sp³-hybridized carbons (Fsp3) is 0.800. The van der Waals surface area contributed by atoms with Gasteiger partial charge in [0.2, 0.25) is 0 Å². The van der Waals surface area contributed by atoms with Gasteiger partial charge in [-0.25, -0.2) is 9.52 Å². The van der Waals surface area contributed by atoms with Crippen molar-refractivity contribution in [2.75, 3.05) is 20.7 Å². The van der Waals surface area contributed by atoms with Gasteiger partial charge in [0.25, 0.3) is 0 Å². The third-order valence-electron chi connectivity index (χ3n) is 2.05. The number of hydrogen-bond acceptors (Lipinski definition) is 6. The van der Waals surface area contributed by atoms with Gasteiger partial charge in [0.05, 0.1) is 13.2 Å². The maximum atomic E-state index is 11.7. The summed E-state index contributed by atoms with van der Waals surface area (Å²) in [5, 5.41) is 0. The van der Waals surface area contributed by atoms with Gasteiger partial charge in [-0.3, -0.25) is 4.79 Å². The van der Waals surface area contributed by atoms with Gasteiger partial charge >= 0.3 is 22.3 Å². The molecule has 0 aliphatic rings. The van der Waals surface area contributed by atoms with Crippen molar-refractivity contribution in [1.29, 1.82) is 0 Å². The summed E-state index contributed by atoms with van der Waals surface area (Å²) in [6, 6.07) is 0. The zero-order valence-electron chi connectivity index (χ0n) is 11.5. The number of nitrogens with one attached hydrogen (secondary N) is 1. The lowest BCUT2D eigenvalue weighted by molar-refractivity contribution is -0.140. The van der Waals surface area contributed by atoms with Crippen LogP contribution in [0.4, 0.5) is 4.79 Å². The molecule has 112 valence electrons. The van der Waals surface area contributed by atoms with Crippen molar-refractivity contribution in [1.82, 2.24) is 9.03 Å². The van der Waals surface area contributed by atoms with Gasteiger partial charge in [0, 0.05) is 20.0 Å². The molecule has 0 bridgehead atoms. The van der Waals surface area contributed by atoms with Gasteiger partial charge in [0.1, 0.15) is 0 Å². The molecule has 0 radical (unpaired) electrons. The van der Waals surface area contributed by atoms with Gasteiger partial charge in [-0.15, -0.1) is 0 Å². The number of carbonyl (C=O) groups excluding carboxylic acids is 2. The standard InChI is InChI=1S/C10H20N2O6S/c1-8(2)18-10(14)11-19(15,16)12(3)7-5-6-9(13)17-4/h8H,5-7H2,1-4H3,(H,11,14). The molecule has 0 saturated carbocycles. The normalized spacial score (nSPS) is 11.5. The first-order valence-corrected chi connectivity index (χ1v) is 7.14. The summed E-state index contributed by atoms with van der Waals surface area (Å²) < 4.78 is 35.1. The number of rotatable bonds is 7. The molecule has 1 N–H and O–H groups in total. The fourth-order valence-corrected chi connectivity index (χ4v) is 1.87. The summed E-state index contributed by atoms with van der Waals surface area (Å²) in [4.78, 5) is 22.1. The number of carbonyl (C=O) groups is 2. The second-order valence-corrected chi connectivity index (χ2v) is 5.84. The quantitative estimate of drug-likeness (QED) is 0.676. The minimum absolute atomic E-state index is 0.0827. The van der Waals surface area contributed by atoms with Crippen molar-refractivity contribution in [3.63, 3.8) is 0 Å². The van der Waals surface area contributed by atoms with Crippen molar-refractivity contribution >= 4 is 22.3 Å². The Morgan fingerprint density at radius 1 is 1.32 bits per heavy atom. The lowest BCUT2D eigenvalue weighted by atomic mass is 10.3. The van der Waals surface area contributed by atoms with Crippen LogP contribution in [-0.2, 0) is 24.5 Å². The van der Waals surface area contributed by atoms with E-state index in [0.29, 0.717) is 6.42 Å². The highest BCUT2D eigenvalue weighted by atomic mass is 32.2. The third kappa shape index (κ3) is 7.62. The summed E-state index contributed by atoms with van der Waals surface area (Å²) in [5.74, 6) is -0.419. The van der Waals surface area contributed by atoms with Crippen molar-refractivity contribution in [2.24, 2.45) is 0 Å². The average Bonchev–Trinajstić information content (AvgIpc) is 2.26. The summed E-state index contributed by atoms with van der Waals surface area (Å²) in [5.41, 5.74) is 0. The molecule has 0 heterocycles. The van der Waals surface area contributed by atoms with E-state index in [0.717, 1.165) is 4.31 Å². The molecule has 0 aromatic rings. The molecule has 0 saturated heterocycles.